The van der Waals surface area contributed by atoms with Gasteiger partial charge in [0.1, 0.15) is 11.4 Å². The summed E-state index contributed by atoms with van der Waals surface area (Å²) < 4.78 is 19.6. The van der Waals surface area contributed by atoms with Gasteiger partial charge < -0.3 is 4.74 Å². The minimum absolute atomic E-state index is 0.185. The molecule has 0 fully saturated rings. The van der Waals surface area contributed by atoms with Crippen LogP contribution in [-0.2, 0) is 0 Å². The van der Waals surface area contributed by atoms with Crippen molar-refractivity contribution in [1.29, 1.82) is 0 Å². The molecule has 3 aromatic rings. The highest BCUT2D eigenvalue weighted by Gasteiger charge is 2.12. The van der Waals surface area contributed by atoms with Crippen LogP contribution in [0, 0.1) is 12.7 Å². The first-order valence-corrected chi connectivity index (χ1v) is 7.45. The smallest absolute Gasteiger partial charge is 0.167 e. The Morgan fingerprint density at radius 1 is 1.30 bits per heavy atom. The molecule has 4 nitrogen and oxygen atoms in total. The van der Waals surface area contributed by atoms with E-state index in [2.05, 4.69) is 15.0 Å². The number of methoxy groups -OCH3 is 1. The van der Waals surface area contributed by atoms with Crippen LogP contribution < -0.4 is 4.74 Å². The van der Waals surface area contributed by atoms with Crippen molar-refractivity contribution in [2.45, 2.75) is 16.3 Å². The molecule has 0 unspecified atom stereocenters. The Balaban J connectivity index is 2.10. The highest BCUT2D eigenvalue weighted by atomic mass is 32.2. The van der Waals surface area contributed by atoms with E-state index >= 15 is 0 Å². The molecule has 0 N–H and O–H groups in total. The fraction of sp³-hybridized carbons (Fsp3) is 0.154. The van der Waals surface area contributed by atoms with Crippen LogP contribution in [0.15, 0.2) is 33.2 Å². The number of aryl methyl sites for hydroxylation is 1. The Bertz CT molecular complexity index is 775. The zero-order chi connectivity index (χ0) is 14.1. The summed E-state index contributed by atoms with van der Waals surface area (Å²) in [7, 11) is 1.44. The Morgan fingerprint density at radius 2 is 2.15 bits per heavy atom. The van der Waals surface area contributed by atoms with Crippen LogP contribution >= 0.6 is 23.1 Å². The second kappa shape index (κ2) is 5.34. The molecular weight excluding hydrogens is 297 g/mol. The molecule has 20 heavy (non-hydrogen) atoms. The van der Waals surface area contributed by atoms with Crippen molar-refractivity contribution >= 4 is 34.0 Å². The molecule has 0 aliphatic heterocycles. The van der Waals surface area contributed by atoms with Crippen LogP contribution in [0.2, 0.25) is 0 Å². The van der Waals surface area contributed by atoms with Crippen molar-refractivity contribution in [3.8, 4) is 5.75 Å². The summed E-state index contributed by atoms with van der Waals surface area (Å²) in [5.41, 5.74) is 1.52. The lowest BCUT2D eigenvalue weighted by Crippen LogP contribution is -1.92. The summed E-state index contributed by atoms with van der Waals surface area (Å²) in [5, 5.41) is 3.47. The first-order valence-electron chi connectivity index (χ1n) is 5.75. The Labute approximate surface area is 123 Å². The highest BCUT2D eigenvalue weighted by molar-refractivity contribution is 8.01. The topological polar surface area (TPSA) is 47.9 Å². The summed E-state index contributed by atoms with van der Waals surface area (Å²) in [6.07, 6.45) is 1.43. The largest absolute Gasteiger partial charge is 0.494 e. The van der Waals surface area contributed by atoms with E-state index < -0.39 is 5.82 Å². The van der Waals surface area contributed by atoms with E-state index in [1.54, 1.807) is 17.4 Å². The van der Waals surface area contributed by atoms with Crippen LogP contribution in [0.25, 0.3) is 10.9 Å². The second-order valence-electron chi connectivity index (χ2n) is 4.04. The molecule has 7 heteroatoms. The Morgan fingerprint density at radius 3 is 2.85 bits per heavy atom. The average molecular weight is 307 g/mol. The SMILES string of the molecule is COc1cc2c(Sc3nc(C)cs3)ncnc2cc1F. The van der Waals surface area contributed by atoms with Crippen molar-refractivity contribution in [3.05, 3.63) is 35.4 Å². The normalized spacial score (nSPS) is 10.9. The van der Waals surface area contributed by atoms with Crippen molar-refractivity contribution < 1.29 is 9.13 Å². The molecule has 2 aromatic heterocycles. The van der Waals surface area contributed by atoms with E-state index in [4.69, 9.17) is 4.74 Å². The molecule has 0 amide bonds. The lowest BCUT2D eigenvalue weighted by molar-refractivity contribution is 0.387. The van der Waals surface area contributed by atoms with E-state index in [-0.39, 0.29) is 5.75 Å². The quantitative estimate of drug-likeness (QED) is 0.691. The van der Waals surface area contributed by atoms with Crippen LogP contribution in [0.5, 0.6) is 5.75 Å². The van der Waals surface area contributed by atoms with E-state index in [0.29, 0.717) is 5.52 Å². The van der Waals surface area contributed by atoms with E-state index in [1.807, 2.05) is 12.3 Å². The zero-order valence-corrected chi connectivity index (χ0v) is 12.4. The standard InChI is InChI=1S/C13H10FN3OS2/c1-7-5-19-13(17-7)20-12-8-3-11(18-2)9(14)4-10(8)15-6-16-12/h3-6H,1-2H3. The van der Waals surface area contributed by atoms with Crippen molar-refractivity contribution in [2.24, 2.45) is 0 Å². The van der Waals surface area contributed by atoms with E-state index in [0.717, 1.165) is 20.4 Å². The van der Waals surface area contributed by atoms with E-state index in [1.165, 1.54) is 31.3 Å². The van der Waals surface area contributed by atoms with Gasteiger partial charge >= 0.3 is 0 Å². The van der Waals surface area contributed by atoms with Gasteiger partial charge in [-0.25, -0.2) is 19.3 Å². The number of hydrogen-bond donors (Lipinski definition) is 0. The number of aromatic nitrogens is 3. The lowest BCUT2D eigenvalue weighted by Gasteiger charge is -2.06. The number of ether oxygens (including phenoxy) is 1. The first-order chi connectivity index (χ1) is 9.67. The van der Waals surface area contributed by atoms with Crippen molar-refractivity contribution in [1.82, 2.24) is 15.0 Å². The molecule has 3 rings (SSSR count). The third-order valence-corrected chi connectivity index (χ3v) is 4.73. The lowest BCUT2D eigenvalue weighted by atomic mass is 10.2. The third kappa shape index (κ3) is 2.46. The number of hydrogen-bond acceptors (Lipinski definition) is 6. The Hall–Kier alpha value is -1.73. The number of rotatable bonds is 3. The van der Waals surface area contributed by atoms with Gasteiger partial charge in [0, 0.05) is 22.5 Å². The van der Waals surface area contributed by atoms with Crippen molar-refractivity contribution in [2.75, 3.05) is 7.11 Å². The molecule has 0 saturated heterocycles. The van der Waals surface area contributed by atoms with Gasteiger partial charge in [0.15, 0.2) is 15.9 Å². The molecular formula is C13H10FN3OS2. The van der Waals surface area contributed by atoms with Gasteiger partial charge in [-0.05, 0) is 24.8 Å². The number of fused-ring (bicyclic) bond motifs is 1. The summed E-state index contributed by atoms with van der Waals surface area (Å²) >= 11 is 2.99. The fourth-order valence-electron chi connectivity index (χ4n) is 1.73. The van der Waals surface area contributed by atoms with Gasteiger partial charge in [-0.15, -0.1) is 11.3 Å². The molecule has 2 heterocycles. The molecule has 0 aliphatic carbocycles. The van der Waals surface area contributed by atoms with Gasteiger partial charge in [-0.2, -0.15) is 0 Å². The van der Waals surface area contributed by atoms with Crippen molar-refractivity contribution in [3.63, 3.8) is 0 Å². The molecule has 0 radical (unpaired) electrons. The van der Waals surface area contributed by atoms with Crippen LogP contribution in [0.3, 0.4) is 0 Å². The van der Waals surface area contributed by atoms with Crippen LogP contribution in [0.1, 0.15) is 5.69 Å². The summed E-state index contributed by atoms with van der Waals surface area (Å²) in [6.45, 7) is 1.94. The maximum atomic E-state index is 13.7. The van der Waals surface area contributed by atoms with Gasteiger partial charge in [-0.3, -0.25) is 0 Å². The first kappa shape index (κ1) is 13.3. The predicted molar refractivity (Wildman–Crippen MR) is 77.0 cm³/mol. The fourth-order valence-corrected chi connectivity index (χ4v) is 3.56. The average Bonchev–Trinajstić information content (AvgIpc) is 2.84. The molecule has 1 aromatic carbocycles. The monoisotopic (exact) mass is 307 g/mol. The maximum absolute atomic E-state index is 13.7. The van der Waals surface area contributed by atoms with Gasteiger partial charge in [0.2, 0.25) is 0 Å². The van der Waals surface area contributed by atoms with E-state index in [9.17, 15) is 4.39 Å². The van der Waals surface area contributed by atoms with Crippen LogP contribution in [0.4, 0.5) is 4.39 Å². The van der Waals surface area contributed by atoms with Gasteiger partial charge in [0.25, 0.3) is 0 Å². The zero-order valence-electron chi connectivity index (χ0n) is 10.8. The second-order valence-corrected chi connectivity index (χ2v) is 6.13. The minimum atomic E-state index is -0.431. The predicted octanol–water partition coefficient (Wildman–Crippen LogP) is 3.69. The highest BCUT2D eigenvalue weighted by Crippen LogP contribution is 2.35. The van der Waals surface area contributed by atoms with Crippen LogP contribution in [-0.4, -0.2) is 22.1 Å². The molecule has 0 aliphatic rings. The Kier molecular flexibility index (Phi) is 3.54. The minimum Gasteiger partial charge on any atom is -0.494 e. The molecule has 0 bridgehead atoms. The third-order valence-electron chi connectivity index (χ3n) is 2.65. The number of halogens is 1. The molecule has 0 spiro atoms. The summed E-state index contributed by atoms with van der Waals surface area (Å²) in [6, 6.07) is 2.97. The van der Waals surface area contributed by atoms with Gasteiger partial charge in [0.05, 0.1) is 12.6 Å². The molecule has 0 saturated carbocycles. The number of nitrogens with zero attached hydrogens (tertiary/aromatic N) is 3. The molecule has 0 atom stereocenters. The summed E-state index contributed by atoms with van der Waals surface area (Å²) in [5.74, 6) is -0.246. The summed E-state index contributed by atoms with van der Waals surface area (Å²) in [4.78, 5) is 12.7. The molecule has 102 valence electrons. The van der Waals surface area contributed by atoms with Gasteiger partial charge in [-0.1, -0.05) is 0 Å². The number of benzene rings is 1. The number of thiazole rings is 1. The maximum Gasteiger partial charge on any atom is 0.167 e.